The molecule has 2 unspecified atom stereocenters. The lowest BCUT2D eigenvalue weighted by atomic mass is 10.0. The molecule has 1 amide bonds. The van der Waals surface area contributed by atoms with E-state index in [9.17, 15) is 9.18 Å². The first-order valence-electron chi connectivity index (χ1n) is 5.98. The lowest BCUT2D eigenvalue weighted by molar-refractivity contribution is 0.0924. The average molecular weight is 236 g/mol. The van der Waals surface area contributed by atoms with E-state index >= 15 is 0 Å². The van der Waals surface area contributed by atoms with E-state index in [-0.39, 0.29) is 17.5 Å². The number of hydrogen-bond donors (Lipinski definition) is 2. The number of rotatable bonds is 3. The minimum atomic E-state index is -0.479. The number of halogens is 1. The Morgan fingerprint density at radius 2 is 2.18 bits per heavy atom. The van der Waals surface area contributed by atoms with Gasteiger partial charge in [-0.05, 0) is 37.4 Å². The number of carbonyl (C=O) groups is 1. The Balaban J connectivity index is 2.04. The zero-order valence-corrected chi connectivity index (χ0v) is 9.66. The van der Waals surface area contributed by atoms with Gasteiger partial charge in [-0.15, -0.1) is 0 Å². The molecule has 2 atom stereocenters. The fourth-order valence-electron chi connectivity index (χ4n) is 2.40. The molecule has 0 aromatic heterocycles. The van der Waals surface area contributed by atoms with Gasteiger partial charge >= 0.3 is 0 Å². The fraction of sp³-hybridized carbons (Fsp3) is 0.462. The van der Waals surface area contributed by atoms with Gasteiger partial charge in [-0.25, -0.2) is 4.39 Å². The molecule has 1 aromatic rings. The second-order valence-electron chi connectivity index (χ2n) is 4.49. The van der Waals surface area contributed by atoms with Gasteiger partial charge in [0.2, 0.25) is 0 Å². The van der Waals surface area contributed by atoms with Gasteiger partial charge in [-0.2, -0.15) is 0 Å². The second-order valence-corrected chi connectivity index (χ2v) is 4.49. The third-order valence-corrected chi connectivity index (χ3v) is 3.40. The van der Waals surface area contributed by atoms with Crippen molar-refractivity contribution in [2.75, 3.05) is 6.54 Å². The van der Waals surface area contributed by atoms with Crippen molar-refractivity contribution in [3.8, 4) is 0 Å². The maximum atomic E-state index is 13.4. The summed E-state index contributed by atoms with van der Waals surface area (Å²) in [4.78, 5) is 11.9. The van der Waals surface area contributed by atoms with Crippen molar-refractivity contribution < 1.29 is 9.18 Å². The molecule has 2 rings (SSSR count). The molecule has 17 heavy (non-hydrogen) atoms. The van der Waals surface area contributed by atoms with Crippen molar-refractivity contribution in [1.82, 2.24) is 5.32 Å². The van der Waals surface area contributed by atoms with Gasteiger partial charge in [0.1, 0.15) is 5.82 Å². The van der Waals surface area contributed by atoms with Crippen LogP contribution in [0.1, 0.15) is 29.6 Å². The van der Waals surface area contributed by atoms with Gasteiger partial charge < -0.3 is 11.1 Å². The number of carbonyl (C=O) groups excluding carboxylic acids is 1. The van der Waals surface area contributed by atoms with E-state index in [1.807, 2.05) is 0 Å². The third-order valence-electron chi connectivity index (χ3n) is 3.40. The second kappa shape index (κ2) is 5.27. The summed E-state index contributed by atoms with van der Waals surface area (Å²) in [7, 11) is 0. The molecule has 1 aliphatic rings. The van der Waals surface area contributed by atoms with Crippen LogP contribution in [0.2, 0.25) is 0 Å². The van der Waals surface area contributed by atoms with Gasteiger partial charge in [0.15, 0.2) is 0 Å². The maximum absolute atomic E-state index is 13.4. The van der Waals surface area contributed by atoms with Gasteiger partial charge in [0.25, 0.3) is 5.91 Å². The van der Waals surface area contributed by atoms with Crippen molar-refractivity contribution in [3.63, 3.8) is 0 Å². The molecule has 0 spiro atoms. The summed E-state index contributed by atoms with van der Waals surface area (Å²) in [6.45, 7) is 0.572. The molecule has 92 valence electrons. The number of nitrogens with one attached hydrogen (secondary N) is 1. The summed E-state index contributed by atoms with van der Waals surface area (Å²) in [5, 5.41) is 2.88. The van der Waals surface area contributed by atoms with Crippen molar-refractivity contribution >= 4 is 5.91 Å². The van der Waals surface area contributed by atoms with Crippen LogP contribution in [0.5, 0.6) is 0 Å². The average Bonchev–Trinajstić information content (AvgIpc) is 2.76. The number of hydrogen-bond acceptors (Lipinski definition) is 2. The third kappa shape index (κ3) is 2.64. The quantitative estimate of drug-likeness (QED) is 0.839. The summed E-state index contributed by atoms with van der Waals surface area (Å²) >= 11 is 0. The normalized spacial score (nSPS) is 23.6. The molecular formula is C13H17FN2O. The van der Waals surface area contributed by atoms with E-state index in [4.69, 9.17) is 5.73 Å². The zero-order chi connectivity index (χ0) is 12.3. The summed E-state index contributed by atoms with van der Waals surface area (Å²) < 4.78 is 13.4. The first-order chi connectivity index (χ1) is 8.22. The Bertz CT molecular complexity index is 408. The summed E-state index contributed by atoms with van der Waals surface area (Å²) in [5.41, 5.74) is 5.75. The smallest absolute Gasteiger partial charge is 0.254 e. The van der Waals surface area contributed by atoms with E-state index in [0.717, 1.165) is 19.3 Å². The van der Waals surface area contributed by atoms with Crippen LogP contribution in [0.4, 0.5) is 4.39 Å². The van der Waals surface area contributed by atoms with Crippen molar-refractivity contribution in [1.29, 1.82) is 0 Å². The Morgan fingerprint density at radius 3 is 2.88 bits per heavy atom. The first-order valence-corrected chi connectivity index (χ1v) is 5.98. The van der Waals surface area contributed by atoms with Crippen LogP contribution in [0.25, 0.3) is 0 Å². The van der Waals surface area contributed by atoms with E-state index in [1.54, 1.807) is 12.1 Å². The van der Waals surface area contributed by atoms with Crippen LogP contribution in [-0.4, -0.2) is 18.5 Å². The van der Waals surface area contributed by atoms with Crippen molar-refractivity contribution in [3.05, 3.63) is 35.6 Å². The minimum absolute atomic E-state index is 0.0899. The van der Waals surface area contributed by atoms with Crippen LogP contribution in [0, 0.1) is 11.7 Å². The molecule has 4 heteroatoms. The molecule has 1 aromatic carbocycles. The molecule has 0 radical (unpaired) electrons. The lowest BCUT2D eigenvalue weighted by Gasteiger charge is -2.19. The summed E-state index contributed by atoms with van der Waals surface area (Å²) in [6.07, 6.45) is 3.05. The maximum Gasteiger partial charge on any atom is 0.254 e. The first kappa shape index (κ1) is 12.0. The number of nitrogens with two attached hydrogens (primary N) is 1. The highest BCUT2D eigenvalue weighted by molar-refractivity contribution is 5.94. The van der Waals surface area contributed by atoms with E-state index < -0.39 is 5.82 Å². The SMILES string of the molecule is NCC1CCCC1NC(=O)c1ccccc1F. The standard InChI is InChI=1S/C13H17FN2O/c14-11-6-2-1-5-10(11)13(17)16-12-7-3-4-9(12)8-15/h1-2,5-6,9,12H,3-4,7-8,15H2,(H,16,17). The molecule has 0 saturated heterocycles. The minimum Gasteiger partial charge on any atom is -0.349 e. The Labute approximate surface area is 100 Å². The Hall–Kier alpha value is -1.42. The summed E-state index contributed by atoms with van der Waals surface area (Å²) in [5.74, 6) is -0.494. The van der Waals surface area contributed by atoms with Gasteiger partial charge in [0, 0.05) is 6.04 Å². The highest BCUT2D eigenvalue weighted by atomic mass is 19.1. The topological polar surface area (TPSA) is 55.1 Å². The number of amides is 1. The molecule has 0 bridgehead atoms. The molecular weight excluding hydrogens is 219 g/mol. The van der Waals surface area contributed by atoms with Crippen molar-refractivity contribution in [2.24, 2.45) is 11.7 Å². The van der Waals surface area contributed by atoms with Gasteiger partial charge in [-0.1, -0.05) is 18.6 Å². The molecule has 1 fully saturated rings. The fourth-order valence-corrected chi connectivity index (χ4v) is 2.40. The Kier molecular flexibility index (Phi) is 3.74. The summed E-state index contributed by atoms with van der Waals surface area (Å²) in [6, 6.07) is 6.12. The van der Waals surface area contributed by atoms with Crippen LogP contribution in [0.3, 0.4) is 0 Å². The predicted octanol–water partition coefficient (Wildman–Crippen LogP) is 1.68. The number of benzene rings is 1. The van der Waals surface area contributed by atoms with E-state index in [0.29, 0.717) is 12.5 Å². The molecule has 1 saturated carbocycles. The largest absolute Gasteiger partial charge is 0.349 e. The van der Waals surface area contributed by atoms with Gasteiger partial charge in [0.05, 0.1) is 5.56 Å². The Morgan fingerprint density at radius 1 is 1.41 bits per heavy atom. The lowest BCUT2D eigenvalue weighted by Crippen LogP contribution is -2.40. The highest BCUT2D eigenvalue weighted by Crippen LogP contribution is 2.25. The van der Waals surface area contributed by atoms with Crippen LogP contribution in [-0.2, 0) is 0 Å². The predicted molar refractivity (Wildman–Crippen MR) is 64.0 cm³/mol. The molecule has 0 heterocycles. The molecule has 0 aliphatic heterocycles. The van der Waals surface area contributed by atoms with Crippen LogP contribution >= 0.6 is 0 Å². The van der Waals surface area contributed by atoms with E-state index in [1.165, 1.54) is 12.1 Å². The van der Waals surface area contributed by atoms with Gasteiger partial charge in [-0.3, -0.25) is 4.79 Å². The molecule has 3 N–H and O–H groups in total. The molecule has 1 aliphatic carbocycles. The molecule has 3 nitrogen and oxygen atoms in total. The monoisotopic (exact) mass is 236 g/mol. The highest BCUT2D eigenvalue weighted by Gasteiger charge is 2.28. The van der Waals surface area contributed by atoms with E-state index in [2.05, 4.69) is 5.32 Å². The van der Waals surface area contributed by atoms with Crippen LogP contribution < -0.4 is 11.1 Å². The van der Waals surface area contributed by atoms with Crippen molar-refractivity contribution in [2.45, 2.75) is 25.3 Å². The van der Waals surface area contributed by atoms with Crippen LogP contribution in [0.15, 0.2) is 24.3 Å². The zero-order valence-electron chi connectivity index (χ0n) is 9.66.